The highest BCUT2D eigenvalue weighted by Crippen LogP contribution is 2.14. The van der Waals surface area contributed by atoms with Crippen LogP contribution < -0.4 is 15.5 Å². The molecule has 1 rings (SSSR count). The first-order chi connectivity index (χ1) is 9.51. The maximum absolute atomic E-state index is 5.19. The Labute approximate surface area is 126 Å². The minimum Gasteiger partial charge on any atom is -0.497 e. The summed E-state index contributed by atoms with van der Waals surface area (Å²) >= 11 is 5.19. The van der Waals surface area contributed by atoms with Gasteiger partial charge in [0, 0.05) is 11.4 Å². The van der Waals surface area contributed by atoms with Gasteiger partial charge in [0.25, 0.3) is 0 Å². The molecule has 0 aliphatic rings. The molecule has 0 heterocycles. The van der Waals surface area contributed by atoms with E-state index in [0.717, 1.165) is 30.0 Å². The molecule has 1 aromatic rings. The summed E-state index contributed by atoms with van der Waals surface area (Å²) in [7, 11) is 1.64. The van der Waals surface area contributed by atoms with E-state index in [1.807, 2.05) is 31.2 Å². The Morgan fingerprint density at radius 2 is 1.95 bits per heavy atom. The zero-order valence-electron chi connectivity index (χ0n) is 12.6. The molecule has 0 saturated carbocycles. The number of rotatable bonds is 6. The number of hydrazone groups is 1. The molecule has 0 radical (unpaired) electrons. The maximum Gasteiger partial charge on any atom is 0.191 e. The number of hydrogen-bond donors (Lipinski definition) is 2. The van der Waals surface area contributed by atoms with Crippen LogP contribution in [0.2, 0.25) is 0 Å². The second kappa shape index (κ2) is 8.53. The largest absolute Gasteiger partial charge is 0.497 e. The minimum absolute atomic E-state index is 0.485. The van der Waals surface area contributed by atoms with Crippen LogP contribution in [0.4, 0.5) is 5.69 Å². The van der Waals surface area contributed by atoms with E-state index >= 15 is 0 Å². The molecule has 5 heteroatoms. The predicted octanol–water partition coefficient (Wildman–Crippen LogP) is 3.79. The van der Waals surface area contributed by atoms with Gasteiger partial charge in [0.1, 0.15) is 5.75 Å². The van der Waals surface area contributed by atoms with E-state index < -0.39 is 0 Å². The lowest BCUT2D eigenvalue weighted by Gasteiger charge is -2.09. The monoisotopic (exact) mass is 293 g/mol. The normalized spacial score (nSPS) is 11.3. The van der Waals surface area contributed by atoms with Gasteiger partial charge >= 0.3 is 0 Å². The van der Waals surface area contributed by atoms with E-state index in [1.165, 1.54) is 0 Å². The number of hydrogen-bond acceptors (Lipinski definition) is 3. The van der Waals surface area contributed by atoms with Crippen LogP contribution in [0.15, 0.2) is 29.4 Å². The number of ether oxygens (including phenoxy) is 1. The molecule has 0 unspecified atom stereocenters. The molecular formula is C15H23N3OS. The quantitative estimate of drug-likeness (QED) is 0.476. The first-order valence-electron chi connectivity index (χ1n) is 6.75. The summed E-state index contributed by atoms with van der Waals surface area (Å²) < 4.78 is 5.10. The number of thiocarbonyl (C=S) groups is 1. The lowest BCUT2D eigenvalue weighted by atomic mass is 10.1. The van der Waals surface area contributed by atoms with Crippen LogP contribution in [0.25, 0.3) is 0 Å². The van der Waals surface area contributed by atoms with Crippen molar-refractivity contribution in [1.29, 1.82) is 0 Å². The first kappa shape index (κ1) is 16.4. The van der Waals surface area contributed by atoms with Crippen molar-refractivity contribution in [3.05, 3.63) is 24.3 Å². The Bertz CT molecular complexity index is 455. The van der Waals surface area contributed by atoms with Crippen molar-refractivity contribution in [2.75, 3.05) is 12.4 Å². The molecule has 1 aromatic carbocycles. The van der Waals surface area contributed by atoms with Crippen LogP contribution in [0.1, 0.15) is 33.6 Å². The smallest absolute Gasteiger partial charge is 0.191 e. The molecule has 2 N–H and O–H groups in total. The van der Waals surface area contributed by atoms with Gasteiger partial charge in [-0.25, -0.2) is 0 Å². The molecular weight excluding hydrogens is 270 g/mol. The summed E-state index contributed by atoms with van der Waals surface area (Å²) in [4.78, 5) is 0. The van der Waals surface area contributed by atoms with E-state index in [0.29, 0.717) is 11.0 Å². The zero-order chi connectivity index (χ0) is 15.0. The molecule has 0 fully saturated rings. The molecule has 20 heavy (non-hydrogen) atoms. The van der Waals surface area contributed by atoms with Gasteiger partial charge in [-0.05, 0) is 62.2 Å². The lowest BCUT2D eigenvalue weighted by Crippen LogP contribution is -2.24. The molecule has 0 amide bonds. The Balaban J connectivity index is 2.40. The Morgan fingerprint density at radius 3 is 2.50 bits per heavy atom. The van der Waals surface area contributed by atoms with Crippen LogP contribution in [-0.4, -0.2) is 17.9 Å². The van der Waals surface area contributed by atoms with Crippen molar-refractivity contribution >= 4 is 28.7 Å². The Hall–Kier alpha value is -1.62. The standard InChI is InChI=1S/C15H23N3OS/c1-11(2)5-6-12(3)17-18-15(20)16-13-7-9-14(19-4)10-8-13/h7-11H,5-6H2,1-4H3,(H2,16,18,20)/b17-12-. The van der Waals surface area contributed by atoms with Crippen molar-refractivity contribution in [1.82, 2.24) is 5.43 Å². The van der Waals surface area contributed by atoms with E-state index in [4.69, 9.17) is 17.0 Å². The summed E-state index contributed by atoms with van der Waals surface area (Å²) in [5, 5.41) is 7.82. The van der Waals surface area contributed by atoms with Gasteiger partial charge in [-0.1, -0.05) is 13.8 Å². The molecule has 0 aromatic heterocycles. The average molecular weight is 293 g/mol. The van der Waals surface area contributed by atoms with Crippen molar-refractivity contribution in [2.24, 2.45) is 11.0 Å². The predicted molar refractivity (Wildman–Crippen MR) is 89.5 cm³/mol. The highest BCUT2D eigenvalue weighted by Gasteiger charge is 1.99. The molecule has 0 saturated heterocycles. The van der Waals surface area contributed by atoms with Gasteiger partial charge < -0.3 is 10.1 Å². The summed E-state index contributed by atoms with van der Waals surface area (Å²) in [5.74, 6) is 1.50. The van der Waals surface area contributed by atoms with E-state index in [1.54, 1.807) is 7.11 Å². The number of methoxy groups -OCH3 is 1. The van der Waals surface area contributed by atoms with Gasteiger partial charge in [-0.15, -0.1) is 0 Å². The van der Waals surface area contributed by atoms with Gasteiger partial charge in [-0.3, -0.25) is 5.43 Å². The maximum atomic E-state index is 5.19. The molecule has 0 bridgehead atoms. The molecule has 0 aliphatic carbocycles. The fourth-order valence-electron chi connectivity index (χ4n) is 1.53. The van der Waals surface area contributed by atoms with Crippen molar-refractivity contribution in [3.63, 3.8) is 0 Å². The summed E-state index contributed by atoms with van der Waals surface area (Å²) in [6, 6.07) is 7.56. The average Bonchev–Trinajstić information content (AvgIpc) is 2.43. The third-order valence-corrected chi connectivity index (χ3v) is 2.97. The molecule has 4 nitrogen and oxygen atoms in total. The molecule has 0 aliphatic heterocycles. The topological polar surface area (TPSA) is 45.6 Å². The summed E-state index contributed by atoms with van der Waals surface area (Å²) in [5.41, 5.74) is 4.81. The van der Waals surface area contributed by atoms with Gasteiger partial charge in [0.15, 0.2) is 5.11 Å². The minimum atomic E-state index is 0.485. The fourth-order valence-corrected chi connectivity index (χ4v) is 1.70. The van der Waals surface area contributed by atoms with Crippen LogP contribution in [0.3, 0.4) is 0 Å². The SMILES string of the molecule is COc1ccc(NC(=S)N/N=C(/C)CCC(C)C)cc1. The van der Waals surface area contributed by atoms with Crippen LogP contribution in [0.5, 0.6) is 5.75 Å². The first-order valence-corrected chi connectivity index (χ1v) is 7.16. The van der Waals surface area contributed by atoms with E-state index in [9.17, 15) is 0 Å². The summed E-state index contributed by atoms with van der Waals surface area (Å²) in [6.07, 6.45) is 2.12. The number of benzene rings is 1. The van der Waals surface area contributed by atoms with Gasteiger partial charge in [-0.2, -0.15) is 5.10 Å². The zero-order valence-corrected chi connectivity index (χ0v) is 13.4. The molecule has 0 atom stereocenters. The third kappa shape index (κ3) is 6.52. The number of nitrogens with zero attached hydrogens (tertiary/aromatic N) is 1. The van der Waals surface area contributed by atoms with Crippen molar-refractivity contribution in [2.45, 2.75) is 33.6 Å². The van der Waals surface area contributed by atoms with Crippen LogP contribution in [0, 0.1) is 5.92 Å². The lowest BCUT2D eigenvalue weighted by molar-refractivity contribution is 0.415. The van der Waals surface area contributed by atoms with Crippen LogP contribution >= 0.6 is 12.2 Å². The van der Waals surface area contributed by atoms with Crippen molar-refractivity contribution in [3.8, 4) is 5.75 Å². The second-order valence-electron chi connectivity index (χ2n) is 5.07. The fraction of sp³-hybridized carbons (Fsp3) is 0.467. The highest BCUT2D eigenvalue weighted by molar-refractivity contribution is 7.80. The van der Waals surface area contributed by atoms with E-state index in [-0.39, 0.29) is 0 Å². The summed E-state index contributed by atoms with van der Waals surface area (Å²) in [6.45, 7) is 6.42. The Morgan fingerprint density at radius 1 is 1.30 bits per heavy atom. The van der Waals surface area contributed by atoms with E-state index in [2.05, 4.69) is 29.7 Å². The molecule has 0 spiro atoms. The second-order valence-corrected chi connectivity index (χ2v) is 5.48. The van der Waals surface area contributed by atoms with Gasteiger partial charge in [0.2, 0.25) is 0 Å². The highest BCUT2D eigenvalue weighted by atomic mass is 32.1. The Kier molecular flexibility index (Phi) is 7.01. The van der Waals surface area contributed by atoms with Crippen molar-refractivity contribution < 1.29 is 4.74 Å². The number of nitrogens with one attached hydrogen (secondary N) is 2. The third-order valence-electron chi connectivity index (χ3n) is 2.78. The van der Waals surface area contributed by atoms with Crippen LogP contribution in [-0.2, 0) is 0 Å². The molecule has 110 valence electrons. The van der Waals surface area contributed by atoms with Gasteiger partial charge in [0.05, 0.1) is 7.11 Å². The number of anilines is 1.